The van der Waals surface area contributed by atoms with Crippen LogP contribution in [-0.2, 0) is 19.1 Å². The molecular weight excluding hydrogens is 310 g/mol. The molecule has 0 aromatic heterocycles. The molecule has 0 spiro atoms. The van der Waals surface area contributed by atoms with E-state index in [1.54, 1.807) is 26.0 Å². The third kappa shape index (κ3) is 4.05. The average molecular weight is 337 g/mol. The predicted octanol–water partition coefficient (Wildman–Crippen LogP) is 1.44. The van der Waals surface area contributed by atoms with Crippen LogP contribution < -0.4 is 0 Å². The highest BCUT2D eigenvalue weighted by Gasteiger charge is 2.46. The molecule has 2 heterocycles. The molecule has 1 N–H and O–H groups in total. The first kappa shape index (κ1) is 18.7. The number of hydrogen-bond acceptors (Lipinski definition) is 6. The van der Waals surface area contributed by atoms with Gasteiger partial charge in [-0.1, -0.05) is 12.2 Å². The molecule has 24 heavy (non-hydrogen) atoms. The monoisotopic (exact) mass is 337 g/mol. The van der Waals surface area contributed by atoms with E-state index in [9.17, 15) is 9.59 Å². The zero-order valence-corrected chi connectivity index (χ0v) is 14.7. The fourth-order valence-electron chi connectivity index (χ4n) is 3.42. The first-order chi connectivity index (χ1) is 11.5. The number of allylic oxidation sites excluding steroid dienone is 2. The third-order valence-corrected chi connectivity index (χ3v) is 5.00. The molecule has 134 valence electrons. The highest BCUT2D eigenvalue weighted by Crippen LogP contribution is 2.35. The molecule has 0 bridgehead atoms. The summed E-state index contributed by atoms with van der Waals surface area (Å²) in [6.45, 7) is 7.05. The van der Waals surface area contributed by atoms with Crippen LogP contribution in [0, 0.1) is 5.92 Å². The maximum Gasteiger partial charge on any atom is 0.336 e. The highest BCUT2D eigenvalue weighted by molar-refractivity contribution is 5.88. The highest BCUT2D eigenvalue weighted by atomic mass is 16.5. The maximum atomic E-state index is 12.0. The summed E-state index contributed by atoms with van der Waals surface area (Å²) in [5, 5.41) is 9.12. The summed E-state index contributed by atoms with van der Waals surface area (Å²) >= 11 is 0. The Bertz CT molecular complexity index is 540. The van der Waals surface area contributed by atoms with E-state index in [1.165, 1.54) is 0 Å². The van der Waals surface area contributed by atoms with Gasteiger partial charge in [-0.05, 0) is 40.2 Å². The first-order valence-corrected chi connectivity index (χ1v) is 8.52. The van der Waals surface area contributed by atoms with Crippen LogP contribution in [0.2, 0.25) is 0 Å². The molecule has 0 aliphatic carbocycles. The molecule has 0 saturated carbocycles. The van der Waals surface area contributed by atoms with Crippen LogP contribution in [0.15, 0.2) is 23.3 Å². The van der Waals surface area contributed by atoms with Crippen molar-refractivity contribution in [1.82, 2.24) is 4.90 Å². The molecule has 2 fully saturated rings. The molecule has 6 nitrogen and oxygen atoms in total. The van der Waals surface area contributed by atoms with Crippen LogP contribution in [0.25, 0.3) is 0 Å². The lowest BCUT2D eigenvalue weighted by atomic mass is 9.97. The molecule has 2 aliphatic heterocycles. The molecule has 0 unspecified atom stereocenters. The number of esters is 2. The summed E-state index contributed by atoms with van der Waals surface area (Å²) in [6.07, 6.45) is 4.88. The second-order valence-corrected chi connectivity index (χ2v) is 6.35. The largest absolute Gasteiger partial charge is 0.462 e. The second-order valence-electron chi connectivity index (χ2n) is 6.35. The molecule has 2 saturated heterocycles. The second kappa shape index (κ2) is 8.44. The van der Waals surface area contributed by atoms with Crippen molar-refractivity contribution in [3.05, 3.63) is 23.3 Å². The molecule has 3 atom stereocenters. The minimum atomic E-state index is -0.477. The van der Waals surface area contributed by atoms with Gasteiger partial charge in [0, 0.05) is 18.0 Å². The van der Waals surface area contributed by atoms with E-state index >= 15 is 0 Å². The molecule has 0 amide bonds. The summed E-state index contributed by atoms with van der Waals surface area (Å²) in [7, 11) is 0. The zero-order valence-electron chi connectivity index (χ0n) is 14.7. The molecule has 6 heteroatoms. The van der Waals surface area contributed by atoms with Gasteiger partial charge in [-0.25, -0.2) is 9.59 Å². The number of rotatable bonds is 6. The quantitative estimate of drug-likeness (QED) is 0.584. The van der Waals surface area contributed by atoms with Gasteiger partial charge in [0.05, 0.1) is 24.8 Å². The fourth-order valence-corrected chi connectivity index (χ4v) is 3.42. The predicted molar refractivity (Wildman–Crippen MR) is 89.2 cm³/mol. The number of ether oxygens (including phenoxy) is 2. The summed E-state index contributed by atoms with van der Waals surface area (Å²) in [5.74, 6) is -0.602. The molecule has 0 aromatic rings. The summed E-state index contributed by atoms with van der Waals surface area (Å²) < 4.78 is 11.0. The van der Waals surface area contributed by atoms with Gasteiger partial charge in [0.15, 0.2) is 0 Å². The Labute approximate surface area is 143 Å². The van der Waals surface area contributed by atoms with Crippen molar-refractivity contribution in [2.45, 2.75) is 45.8 Å². The van der Waals surface area contributed by atoms with E-state index in [0.29, 0.717) is 5.57 Å². The summed E-state index contributed by atoms with van der Waals surface area (Å²) in [6, 6.07) is 0.106. The van der Waals surface area contributed by atoms with Gasteiger partial charge >= 0.3 is 11.9 Å². The van der Waals surface area contributed by atoms with E-state index in [-0.39, 0.29) is 42.8 Å². The Balaban J connectivity index is 1.95. The van der Waals surface area contributed by atoms with Crippen molar-refractivity contribution in [3.63, 3.8) is 0 Å². The van der Waals surface area contributed by atoms with E-state index in [0.717, 1.165) is 25.9 Å². The fraction of sp³-hybridized carbons (Fsp3) is 0.667. The normalized spacial score (nSPS) is 27.9. The molecule has 0 aromatic carbocycles. The smallest absolute Gasteiger partial charge is 0.336 e. The lowest BCUT2D eigenvalue weighted by Gasteiger charge is -2.26. The van der Waals surface area contributed by atoms with Gasteiger partial charge in [-0.3, -0.25) is 4.90 Å². The molecular formula is C18H27NO5. The lowest BCUT2D eigenvalue weighted by Crippen LogP contribution is -2.38. The van der Waals surface area contributed by atoms with Crippen LogP contribution in [0.1, 0.15) is 33.6 Å². The van der Waals surface area contributed by atoms with Crippen LogP contribution in [-0.4, -0.2) is 60.4 Å². The van der Waals surface area contributed by atoms with Crippen LogP contribution in [0.5, 0.6) is 0 Å². The minimum Gasteiger partial charge on any atom is -0.462 e. The van der Waals surface area contributed by atoms with Crippen molar-refractivity contribution in [1.29, 1.82) is 0 Å². The van der Waals surface area contributed by atoms with E-state index in [2.05, 4.69) is 4.90 Å². The molecule has 2 rings (SSSR count). The van der Waals surface area contributed by atoms with Gasteiger partial charge in [-0.15, -0.1) is 0 Å². The van der Waals surface area contributed by atoms with Crippen molar-refractivity contribution >= 4 is 11.9 Å². The number of fused-ring (bicyclic) bond motifs is 1. The maximum absolute atomic E-state index is 12.0. The Morgan fingerprint density at radius 2 is 1.88 bits per heavy atom. The van der Waals surface area contributed by atoms with Gasteiger partial charge in [0.25, 0.3) is 0 Å². The number of nitrogens with zero attached hydrogens (tertiary/aromatic N) is 1. The summed E-state index contributed by atoms with van der Waals surface area (Å²) in [4.78, 5) is 26.2. The topological polar surface area (TPSA) is 76.1 Å². The Kier molecular flexibility index (Phi) is 6.57. The Hall–Kier alpha value is -1.66. The minimum absolute atomic E-state index is 0.106. The summed E-state index contributed by atoms with van der Waals surface area (Å²) in [5.41, 5.74) is 0.873. The SMILES string of the molecule is C/C=C(/CO)C(=O)OC[C@H]1CCN2CC[C@@H](OC(=O)/C(C)=C/C)[C@@H]12. The zero-order chi connectivity index (χ0) is 17.7. The van der Waals surface area contributed by atoms with Crippen molar-refractivity contribution in [2.75, 3.05) is 26.3 Å². The van der Waals surface area contributed by atoms with E-state index in [1.807, 2.05) is 6.92 Å². The van der Waals surface area contributed by atoms with Crippen LogP contribution >= 0.6 is 0 Å². The van der Waals surface area contributed by atoms with Crippen molar-refractivity contribution in [3.8, 4) is 0 Å². The Morgan fingerprint density at radius 3 is 2.50 bits per heavy atom. The first-order valence-electron chi connectivity index (χ1n) is 8.52. The van der Waals surface area contributed by atoms with Crippen LogP contribution in [0.3, 0.4) is 0 Å². The lowest BCUT2D eigenvalue weighted by molar-refractivity contribution is -0.148. The van der Waals surface area contributed by atoms with E-state index in [4.69, 9.17) is 14.6 Å². The molecule has 0 radical (unpaired) electrons. The van der Waals surface area contributed by atoms with Crippen molar-refractivity contribution < 1.29 is 24.2 Å². The molecule has 2 aliphatic rings. The number of aliphatic hydroxyl groups excluding tert-OH is 1. The number of aliphatic hydroxyl groups is 1. The van der Waals surface area contributed by atoms with Crippen LogP contribution in [0.4, 0.5) is 0 Å². The number of hydrogen-bond donors (Lipinski definition) is 1. The van der Waals surface area contributed by atoms with Gasteiger partial charge in [-0.2, -0.15) is 0 Å². The van der Waals surface area contributed by atoms with Gasteiger partial charge in [0.1, 0.15) is 6.10 Å². The number of carbonyl (C=O) groups excluding carboxylic acids is 2. The van der Waals surface area contributed by atoms with Gasteiger partial charge < -0.3 is 14.6 Å². The van der Waals surface area contributed by atoms with Gasteiger partial charge in [0.2, 0.25) is 0 Å². The van der Waals surface area contributed by atoms with E-state index < -0.39 is 5.97 Å². The Morgan fingerprint density at radius 1 is 1.17 bits per heavy atom. The van der Waals surface area contributed by atoms with Crippen molar-refractivity contribution in [2.24, 2.45) is 5.92 Å². The average Bonchev–Trinajstić information content (AvgIpc) is 3.16. The number of carbonyl (C=O) groups is 2. The third-order valence-electron chi connectivity index (χ3n) is 5.00. The standard InChI is InChI=1S/C18H27NO5/c1-4-12(3)17(21)24-15-7-9-19-8-6-14(16(15)19)11-23-18(22)13(5-2)10-20/h4-5,14-16,20H,6-11H2,1-3H3/b12-4+,13-5-/t14-,15-,16-/m1/s1.